The fourth-order valence-corrected chi connectivity index (χ4v) is 3.43. The minimum atomic E-state index is 0.494. The van der Waals surface area contributed by atoms with Gasteiger partial charge in [0.2, 0.25) is 0 Å². The van der Waals surface area contributed by atoms with E-state index in [2.05, 4.69) is 28.4 Å². The van der Waals surface area contributed by atoms with Crippen LogP contribution in [-0.4, -0.2) is 31.1 Å². The van der Waals surface area contributed by atoms with Crippen molar-refractivity contribution in [2.24, 2.45) is 5.92 Å². The second-order valence-corrected chi connectivity index (χ2v) is 5.76. The summed E-state index contributed by atoms with van der Waals surface area (Å²) in [5.74, 6) is 0.666. The van der Waals surface area contributed by atoms with Crippen LogP contribution in [0.25, 0.3) is 0 Å². The summed E-state index contributed by atoms with van der Waals surface area (Å²) < 4.78 is 0. The van der Waals surface area contributed by atoms with Crippen LogP contribution in [0.5, 0.6) is 0 Å². The molecule has 3 heteroatoms. The van der Waals surface area contributed by atoms with Gasteiger partial charge in [0, 0.05) is 12.1 Å². The van der Waals surface area contributed by atoms with Crippen LogP contribution < -0.4 is 5.32 Å². The van der Waals surface area contributed by atoms with Crippen molar-refractivity contribution in [1.29, 1.82) is 5.26 Å². The van der Waals surface area contributed by atoms with Crippen molar-refractivity contribution in [2.75, 3.05) is 20.1 Å². The molecule has 1 heterocycles. The Morgan fingerprint density at radius 2 is 2.21 bits per heavy atom. The Kier molecular flexibility index (Phi) is 3.54. The van der Waals surface area contributed by atoms with Gasteiger partial charge in [-0.2, -0.15) is 5.26 Å². The molecule has 2 atom stereocenters. The first-order valence-corrected chi connectivity index (χ1v) is 7.24. The van der Waals surface area contributed by atoms with Crippen LogP contribution in [0, 0.1) is 17.2 Å². The van der Waals surface area contributed by atoms with E-state index in [1.807, 2.05) is 19.2 Å². The van der Waals surface area contributed by atoms with Crippen LogP contribution >= 0.6 is 0 Å². The molecule has 3 rings (SSSR count). The van der Waals surface area contributed by atoms with Gasteiger partial charge in [0.25, 0.3) is 0 Å². The standard InChI is InChI=1S/C16H21N3/c1-18-11-14-7-8-19(15-5-6-15)16(14)13-4-2-3-12(9-13)10-17/h2-4,9,14-16,18H,5-8,11H2,1H3. The third-order valence-corrected chi connectivity index (χ3v) is 4.40. The van der Waals surface area contributed by atoms with Crippen LogP contribution in [0.1, 0.15) is 36.4 Å². The Bertz CT molecular complexity index is 487. The molecule has 1 aromatic carbocycles. The zero-order valence-corrected chi connectivity index (χ0v) is 11.5. The van der Waals surface area contributed by atoms with E-state index in [0.717, 1.165) is 18.2 Å². The molecule has 100 valence electrons. The van der Waals surface area contributed by atoms with E-state index < -0.39 is 0 Å². The van der Waals surface area contributed by atoms with Crippen molar-refractivity contribution in [1.82, 2.24) is 10.2 Å². The number of rotatable bonds is 4. The maximum atomic E-state index is 9.09. The fourth-order valence-electron chi connectivity index (χ4n) is 3.43. The van der Waals surface area contributed by atoms with Crippen LogP contribution in [0.4, 0.5) is 0 Å². The number of likely N-dealkylation sites (tertiary alicyclic amines) is 1. The summed E-state index contributed by atoms with van der Waals surface area (Å²) in [5.41, 5.74) is 2.10. The SMILES string of the molecule is CNCC1CCN(C2CC2)C1c1cccc(C#N)c1. The Hall–Kier alpha value is -1.37. The van der Waals surface area contributed by atoms with E-state index >= 15 is 0 Å². The minimum absolute atomic E-state index is 0.494. The zero-order valence-electron chi connectivity index (χ0n) is 11.5. The summed E-state index contributed by atoms with van der Waals surface area (Å²) in [7, 11) is 2.03. The van der Waals surface area contributed by atoms with Crippen LogP contribution in [0.15, 0.2) is 24.3 Å². The third-order valence-electron chi connectivity index (χ3n) is 4.40. The lowest BCUT2D eigenvalue weighted by molar-refractivity contribution is 0.217. The topological polar surface area (TPSA) is 39.1 Å². The van der Waals surface area contributed by atoms with Crippen molar-refractivity contribution < 1.29 is 0 Å². The van der Waals surface area contributed by atoms with Gasteiger partial charge in [-0.15, -0.1) is 0 Å². The Morgan fingerprint density at radius 3 is 2.89 bits per heavy atom. The van der Waals surface area contributed by atoms with E-state index in [9.17, 15) is 0 Å². The summed E-state index contributed by atoms with van der Waals surface area (Å²) in [6.45, 7) is 2.27. The monoisotopic (exact) mass is 255 g/mol. The number of nitriles is 1. The van der Waals surface area contributed by atoms with Gasteiger partial charge in [0.05, 0.1) is 11.6 Å². The van der Waals surface area contributed by atoms with Gasteiger partial charge >= 0.3 is 0 Å². The van der Waals surface area contributed by atoms with Crippen molar-refractivity contribution in [3.05, 3.63) is 35.4 Å². The molecule has 1 saturated carbocycles. The summed E-state index contributed by atoms with van der Waals surface area (Å²) >= 11 is 0. The van der Waals surface area contributed by atoms with Gasteiger partial charge < -0.3 is 5.32 Å². The van der Waals surface area contributed by atoms with Crippen LogP contribution in [0.3, 0.4) is 0 Å². The maximum Gasteiger partial charge on any atom is 0.0991 e. The quantitative estimate of drug-likeness (QED) is 0.897. The van der Waals surface area contributed by atoms with Crippen LogP contribution in [-0.2, 0) is 0 Å². The molecule has 1 aromatic rings. The normalized spacial score (nSPS) is 27.4. The summed E-state index contributed by atoms with van der Waals surface area (Å²) in [6.07, 6.45) is 3.96. The second kappa shape index (κ2) is 5.32. The van der Waals surface area contributed by atoms with Gasteiger partial charge in [-0.05, 0) is 63.0 Å². The smallest absolute Gasteiger partial charge is 0.0991 e. The highest BCUT2D eigenvalue weighted by Gasteiger charge is 2.42. The number of benzene rings is 1. The molecule has 0 radical (unpaired) electrons. The Balaban J connectivity index is 1.89. The molecule has 2 unspecified atom stereocenters. The summed E-state index contributed by atoms with van der Waals surface area (Å²) in [4.78, 5) is 2.67. The molecule has 1 aliphatic carbocycles. The van der Waals surface area contributed by atoms with E-state index in [4.69, 9.17) is 5.26 Å². The van der Waals surface area contributed by atoms with Crippen molar-refractivity contribution in [3.8, 4) is 6.07 Å². The molecule has 2 fully saturated rings. The van der Waals surface area contributed by atoms with Crippen molar-refractivity contribution in [2.45, 2.75) is 31.3 Å². The average molecular weight is 255 g/mol. The van der Waals surface area contributed by atoms with Crippen molar-refractivity contribution in [3.63, 3.8) is 0 Å². The molecule has 1 N–H and O–H groups in total. The summed E-state index contributed by atoms with van der Waals surface area (Å²) in [6, 6.07) is 11.7. The van der Waals surface area contributed by atoms with E-state index in [0.29, 0.717) is 12.0 Å². The molecular formula is C16H21N3. The van der Waals surface area contributed by atoms with Crippen molar-refractivity contribution >= 4 is 0 Å². The minimum Gasteiger partial charge on any atom is -0.319 e. The fraction of sp³-hybridized carbons (Fsp3) is 0.562. The molecule has 0 aromatic heterocycles. The largest absolute Gasteiger partial charge is 0.319 e. The third kappa shape index (κ3) is 2.51. The lowest BCUT2D eigenvalue weighted by atomic mass is 9.92. The Morgan fingerprint density at radius 1 is 1.37 bits per heavy atom. The number of hydrogen-bond acceptors (Lipinski definition) is 3. The number of nitrogens with zero attached hydrogens (tertiary/aromatic N) is 2. The van der Waals surface area contributed by atoms with Crippen LogP contribution in [0.2, 0.25) is 0 Å². The van der Waals surface area contributed by atoms with Gasteiger partial charge in [0.1, 0.15) is 0 Å². The molecule has 19 heavy (non-hydrogen) atoms. The number of nitrogens with one attached hydrogen (secondary N) is 1. The maximum absolute atomic E-state index is 9.09. The number of hydrogen-bond donors (Lipinski definition) is 1. The molecule has 0 spiro atoms. The first-order valence-electron chi connectivity index (χ1n) is 7.24. The van der Waals surface area contributed by atoms with Gasteiger partial charge in [-0.25, -0.2) is 0 Å². The highest BCUT2D eigenvalue weighted by molar-refractivity contribution is 5.35. The molecule has 3 nitrogen and oxygen atoms in total. The molecule has 0 amide bonds. The first-order chi connectivity index (χ1) is 9.33. The second-order valence-electron chi connectivity index (χ2n) is 5.76. The zero-order chi connectivity index (χ0) is 13.2. The first kappa shape index (κ1) is 12.7. The lowest BCUT2D eigenvalue weighted by Gasteiger charge is -2.29. The van der Waals surface area contributed by atoms with Gasteiger partial charge in [-0.3, -0.25) is 4.90 Å². The highest BCUT2D eigenvalue weighted by atomic mass is 15.2. The predicted molar refractivity (Wildman–Crippen MR) is 75.7 cm³/mol. The average Bonchev–Trinajstić information content (AvgIpc) is 3.21. The molecule has 1 saturated heterocycles. The summed E-state index contributed by atoms with van der Waals surface area (Å²) in [5, 5.41) is 12.4. The highest BCUT2D eigenvalue weighted by Crippen LogP contribution is 2.43. The van der Waals surface area contributed by atoms with E-state index in [1.165, 1.54) is 31.4 Å². The molecule has 2 aliphatic rings. The molecule has 1 aliphatic heterocycles. The van der Waals surface area contributed by atoms with E-state index in [-0.39, 0.29) is 0 Å². The Labute approximate surface area is 115 Å². The molecular weight excluding hydrogens is 234 g/mol. The van der Waals surface area contributed by atoms with Gasteiger partial charge in [0.15, 0.2) is 0 Å². The predicted octanol–water partition coefficient (Wildman–Crippen LogP) is 2.30. The lowest BCUT2D eigenvalue weighted by Crippen LogP contribution is -2.30. The molecule has 0 bridgehead atoms. The van der Waals surface area contributed by atoms with Gasteiger partial charge in [-0.1, -0.05) is 12.1 Å². The van der Waals surface area contributed by atoms with E-state index in [1.54, 1.807) is 0 Å².